The molecule has 0 amide bonds. The highest BCUT2D eigenvalue weighted by atomic mass is 19.1. The van der Waals surface area contributed by atoms with Crippen LogP contribution in [0.2, 0.25) is 0 Å². The van der Waals surface area contributed by atoms with Crippen molar-refractivity contribution < 1.29 is 38.8 Å². The maximum atomic E-state index is 13.3. The monoisotopic (exact) mass is 534 g/mol. The summed E-state index contributed by atoms with van der Waals surface area (Å²) in [6.07, 6.45) is 6.55. The van der Waals surface area contributed by atoms with Gasteiger partial charge in [-0.25, -0.2) is 4.39 Å². The first kappa shape index (κ1) is 29.1. The summed E-state index contributed by atoms with van der Waals surface area (Å²) in [7, 11) is 0. The lowest BCUT2D eigenvalue weighted by Gasteiger charge is -2.16. The predicted octanol–water partition coefficient (Wildman–Crippen LogP) is 5.82. The molecule has 0 heterocycles. The average Bonchev–Trinajstić information content (AvgIpc) is 2.91. The van der Waals surface area contributed by atoms with Gasteiger partial charge >= 0.3 is 11.9 Å². The molecule has 7 nitrogen and oxygen atoms in total. The number of phenols is 1. The van der Waals surface area contributed by atoms with Gasteiger partial charge in [-0.3, -0.25) is 9.59 Å². The van der Waals surface area contributed by atoms with E-state index in [0.717, 1.165) is 5.56 Å². The lowest BCUT2D eigenvalue weighted by atomic mass is 9.93. The molecule has 3 N–H and O–H groups in total. The Bertz CT molecular complexity index is 1340. The number of terminal acetylenes is 1. The Kier molecular flexibility index (Phi) is 10.3. The van der Waals surface area contributed by atoms with Gasteiger partial charge in [-0.15, -0.1) is 12.3 Å². The van der Waals surface area contributed by atoms with E-state index in [0.29, 0.717) is 53.2 Å². The van der Waals surface area contributed by atoms with Crippen molar-refractivity contribution >= 4 is 11.9 Å². The van der Waals surface area contributed by atoms with E-state index in [9.17, 15) is 24.2 Å². The van der Waals surface area contributed by atoms with Gasteiger partial charge in [0.15, 0.2) is 0 Å². The zero-order valence-corrected chi connectivity index (χ0v) is 21.7. The number of phenolic OH excluding ortho intramolecular Hbond substituents is 1. The molecule has 8 heteroatoms. The van der Waals surface area contributed by atoms with Gasteiger partial charge in [-0.1, -0.05) is 31.2 Å². The number of ether oxygens (including phenoxy) is 2. The van der Waals surface area contributed by atoms with E-state index in [4.69, 9.17) is 21.0 Å². The normalized spacial score (nSPS) is 11.4. The summed E-state index contributed by atoms with van der Waals surface area (Å²) >= 11 is 0. The molecule has 0 aromatic heterocycles. The van der Waals surface area contributed by atoms with Crippen molar-refractivity contribution in [2.45, 2.75) is 44.9 Å². The Balaban J connectivity index is 1.65. The van der Waals surface area contributed by atoms with Crippen molar-refractivity contribution in [3.8, 4) is 40.7 Å². The third-order valence-corrected chi connectivity index (χ3v) is 6.23. The third-order valence-electron chi connectivity index (χ3n) is 6.23. The van der Waals surface area contributed by atoms with Crippen molar-refractivity contribution in [3.05, 3.63) is 77.1 Å². The smallest absolute Gasteiger partial charge is 0.311 e. The fourth-order valence-corrected chi connectivity index (χ4v) is 4.17. The van der Waals surface area contributed by atoms with Crippen molar-refractivity contribution in [1.82, 2.24) is 0 Å². The van der Waals surface area contributed by atoms with E-state index in [1.54, 1.807) is 36.4 Å². The van der Waals surface area contributed by atoms with Crippen LogP contribution in [0.4, 0.5) is 4.39 Å². The van der Waals surface area contributed by atoms with Crippen molar-refractivity contribution in [3.63, 3.8) is 0 Å². The molecule has 0 saturated carbocycles. The van der Waals surface area contributed by atoms with Crippen molar-refractivity contribution in [2.24, 2.45) is 0 Å². The van der Waals surface area contributed by atoms with Gasteiger partial charge in [-0.2, -0.15) is 0 Å². The number of aromatic hydroxyl groups is 1. The molecule has 204 valence electrons. The highest BCUT2D eigenvalue weighted by Crippen LogP contribution is 2.36. The largest absolute Gasteiger partial charge is 0.507 e. The standard InChI is InChI=1S/C31H31FO7/c1-3-6-25(31(36)37)22-9-13-28(23(17-22)10-14-30(34)35)38-15-5-16-39-29-19-27(33)26(18-20(29)4-2)21-7-11-24(32)12-8-21/h1,7-9,11-13,17-19,25,33H,4-6,10,14-16H2,2H3,(H,34,35)(H,36,37). The van der Waals surface area contributed by atoms with Crippen LogP contribution in [-0.4, -0.2) is 40.5 Å². The number of hydrogen-bond acceptors (Lipinski definition) is 5. The minimum atomic E-state index is -1.05. The molecule has 1 atom stereocenters. The van der Waals surface area contributed by atoms with Crippen molar-refractivity contribution in [2.75, 3.05) is 13.2 Å². The molecule has 0 radical (unpaired) electrons. The SMILES string of the molecule is C#CCC(C(=O)O)c1ccc(OCCCOc2cc(O)c(-c3ccc(F)cc3)cc2CC)c(CCC(=O)O)c1. The second-order valence-electron chi connectivity index (χ2n) is 8.95. The second kappa shape index (κ2) is 13.9. The van der Waals surface area contributed by atoms with Crippen LogP contribution in [0, 0.1) is 18.2 Å². The van der Waals surface area contributed by atoms with Gasteiger partial charge in [0.1, 0.15) is 23.1 Å². The second-order valence-corrected chi connectivity index (χ2v) is 8.95. The number of aryl methyl sites for hydroxylation is 2. The molecule has 3 aromatic carbocycles. The fourth-order valence-electron chi connectivity index (χ4n) is 4.17. The molecule has 39 heavy (non-hydrogen) atoms. The summed E-state index contributed by atoms with van der Waals surface area (Å²) in [6, 6.07) is 14.2. The highest BCUT2D eigenvalue weighted by Gasteiger charge is 2.20. The number of hydrogen-bond donors (Lipinski definition) is 3. The highest BCUT2D eigenvalue weighted by molar-refractivity contribution is 5.77. The number of halogens is 1. The maximum absolute atomic E-state index is 13.3. The molecule has 0 aliphatic carbocycles. The first-order valence-electron chi connectivity index (χ1n) is 12.6. The van der Waals surface area contributed by atoms with E-state index in [1.807, 2.05) is 13.0 Å². The van der Waals surface area contributed by atoms with Crippen LogP contribution in [-0.2, 0) is 22.4 Å². The first-order chi connectivity index (χ1) is 18.7. The van der Waals surface area contributed by atoms with E-state index in [-0.39, 0.29) is 37.4 Å². The topological polar surface area (TPSA) is 113 Å². The summed E-state index contributed by atoms with van der Waals surface area (Å²) in [5, 5.41) is 29.2. The summed E-state index contributed by atoms with van der Waals surface area (Å²) in [6.45, 7) is 2.54. The Morgan fingerprint density at radius 2 is 1.67 bits per heavy atom. The van der Waals surface area contributed by atoms with Crippen LogP contribution in [0.15, 0.2) is 54.6 Å². The van der Waals surface area contributed by atoms with Crippen LogP contribution >= 0.6 is 0 Å². The molecular weight excluding hydrogens is 503 g/mol. The fraction of sp³-hybridized carbons (Fsp3) is 0.290. The third kappa shape index (κ3) is 7.99. The molecule has 3 aromatic rings. The Morgan fingerprint density at radius 3 is 2.28 bits per heavy atom. The number of carbonyl (C=O) groups is 2. The van der Waals surface area contributed by atoms with Crippen LogP contribution in [0.25, 0.3) is 11.1 Å². The van der Waals surface area contributed by atoms with Crippen molar-refractivity contribution in [1.29, 1.82) is 0 Å². The van der Waals surface area contributed by atoms with E-state index < -0.39 is 17.9 Å². The average molecular weight is 535 g/mol. The molecule has 0 spiro atoms. The van der Waals surface area contributed by atoms with Gasteiger partial charge in [0, 0.05) is 30.9 Å². The molecule has 0 bridgehead atoms. The van der Waals surface area contributed by atoms with Gasteiger partial charge in [0.2, 0.25) is 0 Å². The van der Waals surface area contributed by atoms with Gasteiger partial charge < -0.3 is 24.8 Å². The summed E-state index contributed by atoms with van der Waals surface area (Å²) in [5.41, 5.74) is 3.26. The van der Waals surface area contributed by atoms with E-state index in [1.165, 1.54) is 12.1 Å². The lowest BCUT2D eigenvalue weighted by Crippen LogP contribution is -2.12. The lowest BCUT2D eigenvalue weighted by molar-refractivity contribution is -0.139. The summed E-state index contributed by atoms with van der Waals surface area (Å²) in [4.78, 5) is 22.7. The predicted molar refractivity (Wildman–Crippen MR) is 145 cm³/mol. The molecule has 1 unspecified atom stereocenters. The zero-order chi connectivity index (χ0) is 28.4. The number of carboxylic acids is 2. The number of rotatable bonds is 14. The summed E-state index contributed by atoms with van der Waals surface area (Å²) < 4.78 is 25.1. The summed E-state index contributed by atoms with van der Waals surface area (Å²) in [5.74, 6) is 0.145. The number of aliphatic carboxylic acids is 2. The Labute approximate surface area is 226 Å². The molecule has 0 aliphatic rings. The molecule has 0 fully saturated rings. The van der Waals surface area contributed by atoms with Gasteiger partial charge in [0.25, 0.3) is 0 Å². The maximum Gasteiger partial charge on any atom is 0.311 e. The minimum Gasteiger partial charge on any atom is -0.507 e. The van der Waals surface area contributed by atoms with Crippen LogP contribution < -0.4 is 9.47 Å². The Hall–Kier alpha value is -4.51. The minimum absolute atomic E-state index is 0.0193. The van der Waals surface area contributed by atoms with E-state index in [2.05, 4.69) is 5.92 Å². The zero-order valence-electron chi connectivity index (χ0n) is 21.7. The molecule has 3 rings (SSSR count). The first-order valence-corrected chi connectivity index (χ1v) is 12.6. The van der Waals surface area contributed by atoms with Crippen LogP contribution in [0.1, 0.15) is 48.8 Å². The number of benzene rings is 3. The van der Waals surface area contributed by atoms with Gasteiger partial charge in [-0.05, 0) is 59.4 Å². The van der Waals surface area contributed by atoms with Crippen LogP contribution in [0.5, 0.6) is 17.2 Å². The quantitative estimate of drug-likeness (QED) is 0.176. The molecular formula is C31H31FO7. The van der Waals surface area contributed by atoms with Crippen LogP contribution in [0.3, 0.4) is 0 Å². The number of carboxylic acid groups (broad SMARTS) is 2. The van der Waals surface area contributed by atoms with E-state index >= 15 is 0 Å². The molecule has 0 saturated heterocycles. The molecule has 0 aliphatic heterocycles. The van der Waals surface area contributed by atoms with Gasteiger partial charge in [0.05, 0.1) is 19.1 Å². The Morgan fingerprint density at radius 1 is 0.974 bits per heavy atom.